The van der Waals surface area contributed by atoms with Crippen LogP contribution >= 0.6 is 46.4 Å². The number of amides is 4. The largest absolute Gasteiger partial charge is 0.481 e. The van der Waals surface area contributed by atoms with Gasteiger partial charge in [0.1, 0.15) is 0 Å². The van der Waals surface area contributed by atoms with E-state index in [-0.39, 0.29) is 12.8 Å². The second-order valence-corrected chi connectivity index (χ2v) is 9.03. The summed E-state index contributed by atoms with van der Waals surface area (Å²) in [7, 11) is 0. The molecule has 3 aromatic rings. The number of carbonyl (C=O) groups is 3. The number of hydrogen-bond acceptors (Lipinski definition) is 3. The number of halogens is 4. The number of anilines is 4. The number of urea groups is 2. The van der Waals surface area contributed by atoms with E-state index in [0.29, 0.717) is 48.4 Å². The molecular weight excluding hydrogens is 538 g/mol. The van der Waals surface area contributed by atoms with Crippen molar-refractivity contribution in [2.45, 2.75) is 12.8 Å². The van der Waals surface area contributed by atoms with E-state index in [4.69, 9.17) is 51.5 Å². The highest BCUT2D eigenvalue weighted by Crippen LogP contribution is 2.25. The zero-order chi connectivity index (χ0) is 25.5. The molecule has 0 fully saturated rings. The number of rotatable bonds is 7. The van der Waals surface area contributed by atoms with E-state index in [1.807, 2.05) is 0 Å². The van der Waals surface area contributed by atoms with Crippen LogP contribution in [0.1, 0.15) is 12.0 Å². The lowest BCUT2D eigenvalue weighted by Gasteiger charge is -2.13. The maximum Gasteiger partial charge on any atom is 0.323 e. The first-order valence-electron chi connectivity index (χ1n) is 10.00. The molecule has 0 heterocycles. The highest BCUT2D eigenvalue weighted by Gasteiger charge is 2.11. The molecule has 0 unspecified atom stereocenters. The summed E-state index contributed by atoms with van der Waals surface area (Å²) in [6.45, 7) is 0. The summed E-state index contributed by atoms with van der Waals surface area (Å²) in [5.74, 6) is -0.982. The first kappa shape index (κ1) is 26.4. The fourth-order valence-electron chi connectivity index (χ4n) is 3.07. The van der Waals surface area contributed by atoms with Crippen LogP contribution in [-0.4, -0.2) is 23.1 Å². The SMILES string of the molecule is O=C(O)CCc1cc(NC(=O)Nc2cc(Cl)cc(Cl)c2)cc(NC(=O)Nc2cc(Cl)cc(Cl)c2)c1. The number of hydrogen-bond donors (Lipinski definition) is 5. The molecule has 12 heteroatoms. The molecule has 3 rings (SSSR count). The van der Waals surface area contributed by atoms with Crippen molar-refractivity contribution in [2.24, 2.45) is 0 Å². The normalized spacial score (nSPS) is 10.4. The van der Waals surface area contributed by atoms with Crippen LogP contribution in [-0.2, 0) is 11.2 Å². The second kappa shape index (κ2) is 12.0. The molecule has 0 aliphatic heterocycles. The summed E-state index contributed by atoms with van der Waals surface area (Å²) in [4.78, 5) is 36.0. The van der Waals surface area contributed by atoms with Crippen LogP contribution in [0.15, 0.2) is 54.6 Å². The van der Waals surface area contributed by atoms with E-state index in [9.17, 15) is 14.4 Å². The Morgan fingerprint density at radius 1 is 0.571 bits per heavy atom. The summed E-state index contributed by atoms with van der Waals surface area (Å²) >= 11 is 23.8. The summed E-state index contributed by atoms with van der Waals surface area (Å²) in [5, 5.41) is 20.9. The second-order valence-electron chi connectivity index (χ2n) is 7.29. The molecule has 5 N–H and O–H groups in total. The Balaban J connectivity index is 1.76. The zero-order valence-electron chi connectivity index (χ0n) is 17.8. The summed E-state index contributed by atoms with van der Waals surface area (Å²) in [6, 6.07) is 12.7. The average Bonchev–Trinajstić information content (AvgIpc) is 2.70. The van der Waals surface area contributed by atoms with Gasteiger partial charge in [0.25, 0.3) is 0 Å². The molecule has 0 saturated carbocycles. The molecule has 0 bridgehead atoms. The molecule has 35 heavy (non-hydrogen) atoms. The van der Waals surface area contributed by atoms with Gasteiger partial charge in [0.2, 0.25) is 0 Å². The van der Waals surface area contributed by atoms with Gasteiger partial charge in [-0.1, -0.05) is 46.4 Å². The summed E-state index contributed by atoms with van der Waals surface area (Å²) in [5.41, 5.74) is 1.97. The Kier molecular flexibility index (Phi) is 9.06. The van der Waals surface area contributed by atoms with Gasteiger partial charge in [-0.05, 0) is 66.6 Å². The fourth-order valence-corrected chi connectivity index (χ4v) is 4.12. The molecule has 4 amide bonds. The highest BCUT2D eigenvalue weighted by atomic mass is 35.5. The van der Waals surface area contributed by atoms with Gasteiger partial charge in [-0.15, -0.1) is 0 Å². The van der Waals surface area contributed by atoms with E-state index >= 15 is 0 Å². The average molecular weight is 556 g/mol. The maximum atomic E-state index is 12.5. The van der Waals surface area contributed by atoms with Crippen LogP contribution in [0, 0.1) is 0 Å². The molecule has 0 aliphatic rings. The van der Waals surface area contributed by atoms with Gasteiger partial charge in [-0.25, -0.2) is 9.59 Å². The van der Waals surface area contributed by atoms with Crippen molar-refractivity contribution < 1.29 is 19.5 Å². The number of benzene rings is 3. The van der Waals surface area contributed by atoms with Crippen molar-refractivity contribution >= 4 is 87.2 Å². The van der Waals surface area contributed by atoms with Crippen LogP contribution in [0.2, 0.25) is 20.1 Å². The molecule has 3 aromatic carbocycles. The van der Waals surface area contributed by atoms with Crippen molar-refractivity contribution in [1.82, 2.24) is 0 Å². The molecule has 0 saturated heterocycles. The molecule has 0 spiro atoms. The first-order chi connectivity index (χ1) is 16.5. The number of nitrogens with one attached hydrogen (secondary N) is 4. The third-order valence-electron chi connectivity index (χ3n) is 4.38. The molecule has 182 valence electrons. The van der Waals surface area contributed by atoms with Crippen LogP contribution in [0.3, 0.4) is 0 Å². The van der Waals surface area contributed by atoms with Gasteiger partial charge in [-0.3, -0.25) is 4.79 Å². The lowest BCUT2D eigenvalue weighted by molar-refractivity contribution is -0.136. The first-order valence-corrected chi connectivity index (χ1v) is 11.5. The number of aryl methyl sites for hydroxylation is 1. The Morgan fingerprint density at radius 2 is 0.914 bits per heavy atom. The van der Waals surface area contributed by atoms with Gasteiger partial charge < -0.3 is 26.4 Å². The minimum absolute atomic E-state index is 0.136. The van der Waals surface area contributed by atoms with Crippen molar-refractivity contribution in [3.8, 4) is 0 Å². The molecule has 0 atom stereocenters. The predicted molar refractivity (Wildman–Crippen MR) is 141 cm³/mol. The Morgan fingerprint density at radius 3 is 1.26 bits per heavy atom. The number of aliphatic carboxylic acids is 1. The van der Waals surface area contributed by atoms with Crippen LogP contribution in [0.5, 0.6) is 0 Å². The molecule has 0 aliphatic carbocycles. The summed E-state index contributed by atoms with van der Waals surface area (Å²) in [6.07, 6.45) is 0.0416. The number of carboxylic acids is 1. The van der Waals surface area contributed by atoms with E-state index in [1.54, 1.807) is 12.1 Å². The van der Waals surface area contributed by atoms with E-state index in [2.05, 4.69) is 21.3 Å². The third-order valence-corrected chi connectivity index (χ3v) is 5.25. The monoisotopic (exact) mass is 554 g/mol. The topological polar surface area (TPSA) is 120 Å². The fraction of sp³-hybridized carbons (Fsp3) is 0.0870. The van der Waals surface area contributed by atoms with Gasteiger partial charge in [0.05, 0.1) is 0 Å². The Hall–Kier alpha value is -3.17. The minimum Gasteiger partial charge on any atom is -0.481 e. The van der Waals surface area contributed by atoms with E-state index < -0.39 is 18.0 Å². The van der Waals surface area contributed by atoms with Crippen molar-refractivity contribution in [2.75, 3.05) is 21.3 Å². The van der Waals surface area contributed by atoms with E-state index in [0.717, 1.165) is 0 Å². The molecular formula is C23H18Cl4N4O4. The maximum absolute atomic E-state index is 12.5. The zero-order valence-corrected chi connectivity index (χ0v) is 20.8. The van der Waals surface area contributed by atoms with Gasteiger partial charge in [0, 0.05) is 49.3 Å². The minimum atomic E-state index is -0.982. The lowest BCUT2D eigenvalue weighted by atomic mass is 10.1. The molecule has 0 radical (unpaired) electrons. The van der Waals surface area contributed by atoms with Gasteiger partial charge >= 0.3 is 18.0 Å². The van der Waals surface area contributed by atoms with Crippen molar-refractivity contribution in [3.63, 3.8) is 0 Å². The summed E-state index contributed by atoms with van der Waals surface area (Å²) < 4.78 is 0. The van der Waals surface area contributed by atoms with Crippen molar-refractivity contribution in [1.29, 1.82) is 0 Å². The van der Waals surface area contributed by atoms with Gasteiger partial charge in [-0.2, -0.15) is 0 Å². The highest BCUT2D eigenvalue weighted by molar-refractivity contribution is 6.35. The smallest absolute Gasteiger partial charge is 0.323 e. The number of carbonyl (C=O) groups excluding carboxylic acids is 2. The van der Waals surface area contributed by atoms with Gasteiger partial charge in [0.15, 0.2) is 0 Å². The number of carboxylic acid groups (broad SMARTS) is 1. The van der Waals surface area contributed by atoms with E-state index in [1.165, 1.54) is 42.5 Å². The quantitative estimate of drug-likeness (QED) is 0.206. The van der Waals surface area contributed by atoms with Crippen molar-refractivity contribution in [3.05, 3.63) is 80.3 Å². The molecule has 8 nitrogen and oxygen atoms in total. The van der Waals surface area contributed by atoms with Crippen LogP contribution in [0.4, 0.5) is 32.3 Å². The van der Waals surface area contributed by atoms with Crippen LogP contribution < -0.4 is 21.3 Å². The lowest BCUT2D eigenvalue weighted by Crippen LogP contribution is -2.21. The Bertz CT molecular complexity index is 1160. The standard InChI is InChI=1S/C23H18Cl4N4O4/c24-13-5-14(25)8-19(7-13)30-22(34)28-17-3-12(1-2-21(32)33)4-18(11-17)29-23(35)31-20-9-15(26)6-16(27)10-20/h3-11H,1-2H2,(H,32,33)(H2,28,30,34)(H2,29,31,35). The molecule has 0 aromatic heterocycles. The van der Waals surface area contributed by atoms with Crippen LogP contribution in [0.25, 0.3) is 0 Å². The Labute approximate surface area is 220 Å². The third kappa shape index (κ3) is 8.84. The predicted octanol–water partition coefficient (Wildman–Crippen LogP) is 7.61.